The Kier molecular flexibility index (Phi) is 4.56. The van der Waals surface area contributed by atoms with E-state index in [1.807, 2.05) is 12.1 Å². The van der Waals surface area contributed by atoms with Crippen molar-refractivity contribution in [2.75, 3.05) is 0 Å². The van der Waals surface area contributed by atoms with Gasteiger partial charge in [-0.2, -0.15) is 0 Å². The van der Waals surface area contributed by atoms with E-state index in [9.17, 15) is 9.59 Å². The summed E-state index contributed by atoms with van der Waals surface area (Å²) in [6.45, 7) is 0.389. The van der Waals surface area contributed by atoms with Crippen LogP contribution in [0.15, 0.2) is 36.5 Å². The molecule has 0 aliphatic carbocycles. The Morgan fingerprint density at radius 1 is 1.30 bits per heavy atom. The van der Waals surface area contributed by atoms with Crippen LogP contribution in [0.25, 0.3) is 6.08 Å². The second kappa shape index (κ2) is 6.58. The Morgan fingerprint density at radius 3 is 2.65 bits per heavy atom. The van der Waals surface area contributed by atoms with Crippen molar-refractivity contribution in [3.8, 4) is 0 Å². The normalized spacial score (nSPS) is 10.6. The summed E-state index contributed by atoms with van der Waals surface area (Å²) in [5, 5.41) is 14.9. The van der Waals surface area contributed by atoms with E-state index >= 15 is 0 Å². The van der Waals surface area contributed by atoms with Crippen LogP contribution in [-0.2, 0) is 11.3 Å². The Balaban J connectivity index is 1.91. The SMILES string of the molecule is O=C(O)C=Cc1ccc(CNC(=O)c2cnns2)cc1. The van der Waals surface area contributed by atoms with Crippen LogP contribution in [0, 0.1) is 0 Å². The van der Waals surface area contributed by atoms with Gasteiger partial charge < -0.3 is 10.4 Å². The molecule has 1 heterocycles. The van der Waals surface area contributed by atoms with Crippen molar-refractivity contribution in [3.63, 3.8) is 0 Å². The number of carbonyl (C=O) groups is 2. The molecule has 0 atom stereocenters. The average Bonchev–Trinajstić information content (AvgIpc) is 2.98. The third-order valence-electron chi connectivity index (χ3n) is 2.44. The minimum Gasteiger partial charge on any atom is -0.478 e. The number of aliphatic carboxylic acids is 1. The lowest BCUT2D eigenvalue weighted by molar-refractivity contribution is -0.131. The number of carboxylic acid groups (broad SMARTS) is 1. The van der Waals surface area contributed by atoms with Gasteiger partial charge >= 0.3 is 5.97 Å². The molecule has 1 amide bonds. The first-order valence-corrected chi connectivity index (χ1v) is 6.48. The summed E-state index contributed by atoms with van der Waals surface area (Å²) in [6.07, 6.45) is 4.00. The molecule has 0 saturated carbocycles. The molecule has 20 heavy (non-hydrogen) atoms. The number of benzene rings is 1. The van der Waals surface area contributed by atoms with E-state index in [2.05, 4.69) is 14.9 Å². The van der Waals surface area contributed by atoms with Crippen LogP contribution < -0.4 is 5.32 Å². The first-order valence-electron chi connectivity index (χ1n) is 5.70. The van der Waals surface area contributed by atoms with Gasteiger partial charge in [0.15, 0.2) is 0 Å². The molecular formula is C13H11N3O3S. The number of aromatic nitrogens is 2. The molecule has 2 N–H and O–H groups in total. The summed E-state index contributed by atoms with van der Waals surface area (Å²) >= 11 is 1.04. The highest BCUT2D eigenvalue weighted by Crippen LogP contribution is 2.07. The van der Waals surface area contributed by atoms with E-state index in [0.29, 0.717) is 11.4 Å². The molecule has 0 saturated heterocycles. The molecule has 1 aromatic heterocycles. The summed E-state index contributed by atoms with van der Waals surface area (Å²) in [6, 6.07) is 7.23. The third kappa shape index (κ3) is 3.99. The number of nitrogens with zero attached hydrogens (tertiary/aromatic N) is 2. The van der Waals surface area contributed by atoms with E-state index in [4.69, 9.17) is 5.11 Å². The zero-order valence-electron chi connectivity index (χ0n) is 10.3. The monoisotopic (exact) mass is 289 g/mol. The number of amides is 1. The maximum Gasteiger partial charge on any atom is 0.328 e. The largest absolute Gasteiger partial charge is 0.478 e. The van der Waals surface area contributed by atoms with Crippen LogP contribution in [0.1, 0.15) is 20.8 Å². The molecular weight excluding hydrogens is 278 g/mol. The minimum atomic E-state index is -0.987. The Morgan fingerprint density at radius 2 is 2.05 bits per heavy atom. The number of hydrogen-bond acceptors (Lipinski definition) is 5. The summed E-state index contributed by atoms with van der Waals surface area (Å²) in [5.74, 6) is -1.20. The number of hydrogen-bond donors (Lipinski definition) is 2. The van der Waals surface area contributed by atoms with Gasteiger partial charge in [0.2, 0.25) is 0 Å². The zero-order valence-corrected chi connectivity index (χ0v) is 11.1. The predicted molar refractivity (Wildman–Crippen MR) is 74.2 cm³/mol. The van der Waals surface area contributed by atoms with Crippen molar-refractivity contribution in [2.45, 2.75) is 6.54 Å². The highest BCUT2D eigenvalue weighted by molar-refractivity contribution is 7.07. The smallest absolute Gasteiger partial charge is 0.328 e. The number of rotatable bonds is 5. The standard InChI is InChI=1S/C13H11N3O3S/c17-12(18)6-5-9-1-3-10(4-2-9)7-14-13(19)11-8-15-16-20-11/h1-6,8H,7H2,(H,14,19)(H,17,18). The molecule has 6 nitrogen and oxygen atoms in total. The molecule has 102 valence electrons. The van der Waals surface area contributed by atoms with Crippen LogP contribution >= 0.6 is 11.5 Å². The molecule has 7 heteroatoms. The van der Waals surface area contributed by atoms with E-state index in [1.165, 1.54) is 12.3 Å². The number of carboxylic acids is 1. The molecule has 0 aliphatic heterocycles. The van der Waals surface area contributed by atoms with Crippen LogP contribution in [0.3, 0.4) is 0 Å². The fourth-order valence-electron chi connectivity index (χ4n) is 1.45. The van der Waals surface area contributed by atoms with Gasteiger partial charge in [0.1, 0.15) is 4.88 Å². The topological polar surface area (TPSA) is 92.2 Å². The summed E-state index contributed by atoms with van der Waals surface area (Å²) in [4.78, 5) is 22.5. The zero-order chi connectivity index (χ0) is 14.4. The van der Waals surface area contributed by atoms with Gasteiger partial charge in [-0.25, -0.2) is 4.79 Å². The molecule has 0 bridgehead atoms. The molecule has 2 rings (SSSR count). The van der Waals surface area contributed by atoms with Crippen LogP contribution in [0.5, 0.6) is 0 Å². The van der Waals surface area contributed by atoms with Gasteiger partial charge in [-0.05, 0) is 28.7 Å². The number of carbonyl (C=O) groups excluding carboxylic acids is 1. The van der Waals surface area contributed by atoms with Crippen molar-refractivity contribution in [1.29, 1.82) is 0 Å². The van der Waals surface area contributed by atoms with Crippen molar-refractivity contribution in [2.24, 2.45) is 0 Å². The molecule has 2 aromatic rings. The van der Waals surface area contributed by atoms with Gasteiger partial charge in [-0.1, -0.05) is 28.8 Å². The second-order valence-electron chi connectivity index (χ2n) is 3.88. The lowest BCUT2D eigenvalue weighted by atomic mass is 10.1. The van der Waals surface area contributed by atoms with Crippen molar-refractivity contribution in [3.05, 3.63) is 52.5 Å². The maximum atomic E-state index is 11.7. The van der Waals surface area contributed by atoms with E-state index in [0.717, 1.165) is 28.7 Å². The summed E-state index contributed by atoms with van der Waals surface area (Å²) in [5.41, 5.74) is 1.71. The van der Waals surface area contributed by atoms with Crippen molar-refractivity contribution in [1.82, 2.24) is 14.9 Å². The lowest BCUT2D eigenvalue weighted by Crippen LogP contribution is -2.21. The first-order chi connectivity index (χ1) is 9.65. The molecule has 0 aliphatic rings. The van der Waals surface area contributed by atoms with Crippen LogP contribution in [0.4, 0.5) is 0 Å². The van der Waals surface area contributed by atoms with Crippen molar-refractivity contribution >= 4 is 29.5 Å². The fraction of sp³-hybridized carbons (Fsp3) is 0.0769. The Hall–Kier alpha value is -2.54. The van der Waals surface area contributed by atoms with Crippen LogP contribution in [-0.4, -0.2) is 26.6 Å². The molecule has 0 unspecified atom stereocenters. The highest BCUT2D eigenvalue weighted by atomic mass is 32.1. The summed E-state index contributed by atoms with van der Waals surface area (Å²) < 4.78 is 3.62. The van der Waals surface area contributed by atoms with Crippen LogP contribution in [0.2, 0.25) is 0 Å². The molecule has 0 radical (unpaired) electrons. The second-order valence-corrected chi connectivity index (χ2v) is 4.66. The van der Waals surface area contributed by atoms with Crippen molar-refractivity contribution < 1.29 is 14.7 Å². The molecule has 0 fully saturated rings. The Bertz CT molecular complexity index is 621. The quantitative estimate of drug-likeness (QED) is 0.815. The fourth-order valence-corrected chi connectivity index (χ4v) is 1.88. The van der Waals surface area contributed by atoms with E-state index < -0.39 is 5.97 Å². The number of nitrogens with one attached hydrogen (secondary N) is 1. The van der Waals surface area contributed by atoms with Gasteiger partial charge in [-0.15, -0.1) is 5.10 Å². The van der Waals surface area contributed by atoms with E-state index in [-0.39, 0.29) is 5.91 Å². The minimum absolute atomic E-state index is 0.213. The molecule has 0 spiro atoms. The van der Waals surface area contributed by atoms with Gasteiger partial charge in [0.05, 0.1) is 6.20 Å². The lowest BCUT2D eigenvalue weighted by Gasteiger charge is -2.03. The molecule has 1 aromatic carbocycles. The summed E-state index contributed by atoms with van der Waals surface area (Å²) in [7, 11) is 0. The van der Waals surface area contributed by atoms with Gasteiger partial charge in [0, 0.05) is 12.6 Å². The van der Waals surface area contributed by atoms with Gasteiger partial charge in [-0.3, -0.25) is 4.79 Å². The highest BCUT2D eigenvalue weighted by Gasteiger charge is 2.07. The first kappa shape index (κ1) is 13.9. The Labute approximate surface area is 118 Å². The third-order valence-corrected chi connectivity index (χ3v) is 3.10. The maximum absolute atomic E-state index is 11.7. The predicted octanol–water partition coefficient (Wildman–Crippen LogP) is 1.57. The van der Waals surface area contributed by atoms with Gasteiger partial charge in [0.25, 0.3) is 5.91 Å². The van der Waals surface area contributed by atoms with E-state index in [1.54, 1.807) is 12.1 Å². The average molecular weight is 289 g/mol.